The molecule has 0 amide bonds. The molecule has 0 spiro atoms. The van der Waals surface area contributed by atoms with E-state index in [0.29, 0.717) is 0 Å². The molecule has 0 aromatic heterocycles. The van der Waals surface area contributed by atoms with Crippen LogP contribution in [-0.2, 0) is 0 Å². The van der Waals surface area contributed by atoms with Crippen LogP contribution in [0.5, 0.6) is 0 Å². The van der Waals surface area contributed by atoms with Crippen molar-refractivity contribution in [1.29, 1.82) is 0 Å². The van der Waals surface area contributed by atoms with E-state index in [1.165, 1.54) is 50.8 Å². The minimum absolute atomic E-state index is 0. The van der Waals surface area contributed by atoms with Crippen molar-refractivity contribution in [2.24, 2.45) is 0 Å². The molecule has 2 heteroatoms. The molecule has 0 nitrogen and oxygen atoms in total. The predicted octanol–water partition coefficient (Wildman–Crippen LogP) is 2.43. The Morgan fingerprint density at radius 1 is 0.625 bits per heavy atom. The molecule has 0 radical (unpaired) electrons. The van der Waals surface area contributed by atoms with Crippen LogP contribution < -0.4 is 12.4 Å². The number of hydrogen-bond donors (Lipinski definition) is 0. The molecule has 0 saturated heterocycles. The molecular weight excluding hydrogens is 235 g/mol. The second-order valence-electron chi connectivity index (χ2n) is 4.84. The van der Waals surface area contributed by atoms with Gasteiger partial charge in [0.05, 0.1) is 24.6 Å². The summed E-state index contributed by atoms with van der Waals surface area (Å²) in [4.78, 5) is 0. The van der Waals surface area contributed by atoms with Gasteiger partial charge in [0, 0.05) is 7.26 Å². The molecule has 0 aromatic rings. The van der Waals surface area contributed by atoms with Gasteiger partial charge >= 0.3 is 0 Å². The molecule has 0 saturated carbocycles. The molecule has 0 fully saturated rings. The monoisotopic (exact) mass is 266 g/mol. The maximum absolute atomic E-state index is 2.44. The highest BCUT2D eigenvalue weighted by molar-refractivity contribution is 7.75. The van der Waals surface area contributed by atoms with Gasteiger partial charge in [-0.05, 0) is 26.7 Å². The lowest BCUT2D eigenvalue weighted by Crippen LogP contribution is -3.00. The molecule has 0 atom stereocenters. The lowest BCUT2D eigenvalue weighted by atomic mass is 10.3. The maximum Gasteiger partial charge on any atom is 0.0594 e. The molecule has 0 rings (SSSR count). The molecule has 0 N–H and O–H groups in total. The van der Waals surface area contributed by atoms with Gasteiger partial charge in [0.1, 0.15) is 0 Å². The molecule has 16 heavy (non-hydrogen) atoms. The van der Waals surface area contributed by atoms with Gasteiger partial charge in [-0.15, -0.1) is 0 Å². The van der Waals surface area contributed by atoms with Crippen molar-refractivity contribution in [3.8, 4) is 0 Å². The van der Waals surface area contributed by atoms with Crippen LogP contribution in [0.2, 0.25) is 0 Å². The van der Waals surface area contributed by atoms with Crippen LogP contribution in [0, 0.1) is 0 Å². The van der Waals surface area contributed by atoms with E-state index in [1.54, 1.807) is 12.3 Å². The molecular formula is C14H32ClP. The van der Waals surface area contributed by atoms with Gasteiger partial charge in [0.15, 0.2) is 0 Å². The minimum Gasteiger partial charge on any atom is -1.00 e. The van der Waals surface area contributed by atoms with Crippen molar-refractivity contribution in [2.45, 2.75) is 66.2 Å². The molecule has 0 bridgehead atoms. The average molecular weight is 267 g/mol. The highest BCUT2D eigenvalue weighted by atomic mass is 35.5. The Balaban J connectivity index is 0. The van der Waals surface area contributed by atoms with Gasteiger partial charge in [0.2, 0.25) is 0 Å². The van der Waals surface area contributed by atoms with E-state index in [4.69, 9.17) is 0 Å². The summed E-state index contributed by atoms with van der Waals surface area (Å²) in [5.41, 5.74) is 0. The summed E-state index contributed by atoms with van der Waals surface area (Å²) in [5.74, 6) is 0. The van der Waals surface area contributed by atoms with Crippen molar-refractivity contribution in [3.05, 3.63) is 0 Å². The lowest BCUT2D eigenvalue weighted by Gasteiger charge is -2.25. The van der Waals surface area contributed by atoms with E-state index < -0.39 is 7.26 Å². The van der Waals surface area contributed by atoms with Crippen LogP contribution in [0.3, 0.4) is 0 Å². The normalized spacial score (nSPS) is 11.2. The molecule has 100 valence electrons. The van der Waals surface area contributed by atoms with Crippen LogP contribution >= 0.6 is 7.26 Å². The predicted molar refractivity (Wildman–Crippen MR) is 76.8 cm³/mol. The Bertz CT molecular complexity index is 121. The third-order valence-electron chi connectivity index (χ3n) is 3.81. The molecule has 0 aromatic carbocycles. The zero-order valence-electron chi connectivity index (χ0n) is 11.9. The fraction of sp³-hybridized carbons (Fsp3) is 1.00. The zero-order valence-corrected chi connectivity index (χ0v) is 13.5. The number of rotatable bonds is 10. The summed E-state index contributed by atoms with van der Waals surface area (Å²) in [6.07, 6.45) is 14.8. The Hall–Kier alpha value is 0.720. The first-order valence-corrected chi connectivity index (χ1v) is 9.62. The second-order valence-corrected chi connectivity index (χ2v) is 9.68. The van der Waals surface area contributed by atoms with Gasteiger partial charge in [-0.2, -0.15) is 0 Å². The average Bonchev–Trinajstić information content (AvgIpc) is 2.28. The summed E-state index contributed by atoms with van der Waals surface area (Å²) < 4.78 is 0. The van der Waals surface area contributed by atoms with Crippen molar-refractivity contribution in [2.75, 3.05) is 24.6 Å². The molecule has 0 heterocycles. The summed E-state index contributed by atoms with van der Waals surface area (Å²) in [5, 5.41) is 0. The van der Waals surface area contributed by atoms with Crippen LogP contribution in [0.4, 0.5) is 0 Å². The highest BCUT2D eigenvalue weighted by Gasteiger charge is 2.31. The summed E-state index contributed by atoms with van der Waals surface area (Å²) >= 11 is 0. The molecule has 0 aliphatic rings. The summed E-state index contributed by atoms with van der Waals surface area (Å²) in [7, 11) is -0.517. The van der Waals surface area contributed by atoms with Crippen LogP contribution in [-0.4, -0.2) is 24.6 Å². The largest absolute Gasteiger partial charge is 1.00 e. The minimum atomic E-state index is -0.517. The first-order valence-electron chi connectivity index (χ1n) is 7.09. The van der Waals surface area contributed by atoms with Crippen LogP contribution in [0.25, 0.3) is 0 Å². The topological polar surface area (TPSA) is 0 Å². The van der Waals surface area contributed by atoms with Crippen molar-refractivity contribution >= 4 is 7.26 Å². The Morgan fingerprint density at radius 2 is 1.00 bits per heavy atom. The maximum atomic E-state index is 2.44. The van der Waals surface area contributed by atoms with Gasteiger partial charge in [-0.3, -0.25) is 0 Å². The van der Waals surface area contributed by atoms with Gasteiger partial charge in [-0.25, -0.2) is 0 Å². The highest BCUT2D eigenvalue weighted by Crippen LogP contribution is 2.59. The molecule has 0 aliphatic carbocycles. The van der Waals surface area contributed by atoms with E-state index in [0.717, 1.165) is 0 Å². The Labute approximate surface area is 111 Å². The summed E-state index contributed by atoms with van der Waals surface area (Å²) in [6.45, 7) is 9.51. The molecule has 0 unspecified atom stereocenters. The SMILES string of the molecule is CCCCC[P+](CC)(CC)CCCCC.[Cl-]. The smallest absolute Gasteiger partial charge is 0.0594 e. The number of hydrogen-bond acceptors (Lipinski definition) is 0. The standard InChI is InChI=1S/C14H32P.ClH/c1-5-9-11-13-15(7-3,8-4)14-12-10-6-2;/h5-14H2,1-4H3;1H/q+1;/p-1. The zero-order chi connectivity index (χ0) is 11.6. The van der Waals surface area contributed by atoms with E-state index in [2.05, 4.69) is 27.7 Å². The Morgan fingerprint density at radius 3 is 1.25 bits per heavy atom. The van der Waals surface area contributed by atoms with Gasteiger partial charge in [0.25, 0.3) is 0 Å². The summed E-state index contributed by atoms with van der Waals surface area (Å²) in [6, 6.07) is 0. The van der Waals surface area contributed by atoms with Gasteiger partial charge < -0.3 is 12.4 Å². The van der Waals surface area contributed by atoms with Crippen molar-refractivity contribution in [1.82, 2.24) is 0 Å². The quantitative estimate of drug-likeness (QED) is 0.421. The first kappa shape index (κ1) is 19.1. The van der Waals surface area contributed by atoms with E-state index in [-0.39, 0.29) is 12.4 Å². The first-order chi connectivity index (χ1) is 7.24. The Kier molecular flexibility index (Phi) is 14.5. The van der Waals surface area contributed by atoms with Crippen LogP contribution in [0.15, 0.2) is 0 Å². The fourth-order valence-electron chi connectivity index (χ4n) is 2.36. The third-order valence-corrected chi connectivity index (χ3v) is 9.03. The van der Waals surface area contributed by atoms with Crippen molar-refractivity contribution < 1.29 is 12.4 Å². The van der Waals surface area contributed by atoms with E-state index >= 15 is 0 Å². The molecule has 0 aliphatic heterocycles. The van der Waals surface area contributed by atoms with E-state index in [1.807, 2.05) is 0 Å². The van der Waals surface area contributed by atoms with E-state index in [9.17, 15) is 0 Å². The van der Waals surface area contributed by atoms with Crippen molar-refractivity contribution in [3.63, 3.8) is 0 Å². The van der Waals surface area contributed by atoms with Crippen LogP contribution in [0.1, 0.15) is 66.2 Å². The fourth-order valence-corrected chi connectivity index (χ4v) is 6.09. The number of unbranched alkanes of at least 4 members (excludes halogenated alkanes) is 4. The van der Waals surface area contributed by atoms with Gasteiger partial charge in [-0.1, -0.05) is 39.5 Å². The third kappa shape index (κ3) is 7.91. The number of halogens is 1. The second kappa shape index (κ2) is 12.2. The lowest BCUT2D eigenvalue weighted by molar-refractivity contribution is -0.00000357.